The van der Waals surface area contributed by atoms with Crippen LogP contribution in [-0.2, 0) is 4.79 Å². The highest BCUT2D eigenvalue weighted by atomic mass is 16.2. The van der Waals surface area contributed by atoms with Gasteiger partial charge in [-0.05, 0) is 50.7 Å². The van der Waals surface area contributed by atoms with E-state index in [0.29, 0.717) is 11.8 Å². The second-order valence-corrected chi connectivity index (χ2v) is 6.45. The third-order valence-electron chi connectivity index (χ3n) is 5.14. The summed E-state index contributed by atoms with van der Waals surface area (Å²) in [5, 5.41) is 3.37. The number of nitrogens with zero attached hydrogens (tertiary/aromatic N) is 2. The quantitative estimate of drug-likeness (QED) is 0.831. The number of hydrogen-bond donors (Lipinski definition) is 1. The molecule has 0 radical (unpaired) electrons. The number of hydrogen-bond acceptors (Lipinski definition) is 3. The normalized spacial score (nSPS) is 28.3. The molecule has 2 aliphatic heterocycles. The first-order valence-corrected chi connectivity index (χ1v) is 8.40. The Kier molecular flexibility index (Phi) is 5.85. The summed E-state index contributed by atoms with van der Waals surface area (Å²) < 4.78 is 0. The summed E-state index contributed by atoms with van der Waals surface area (Å²) in [7, 11) is 0. The third kappa shape index (κ3) is 3.73. The van der Waals surface area contributed by atoms with Crippen LogP contribution in [-0.4, -0.2) is 61.0 Å². The molecule has 0 spiro atoms. The molecule has 0 bridgehead atoms. The number of carbonyl (C=O) groups excluding carboxylic acids is 1. The molecule has 2 unspecified atom stereocenters. The van der Waals surface area contributed by atoms with Crippen molar-refractivity contribution in [1.29, 1.82) is 0 Å². The Bertz CT molecular complexity index is 309. The first-order valence-electron chi connectivity index (χ1n) is 8.40. The van der Waals surface area contributed by atoms with Crippen LogP contribution in [0.4, 0.5) is 0 Å². The highest BCUT2D eigenvalue weighted by Crippen LogP contribution is 2.22. The molecule has 116 valence electrons. The number of likely N-dealkylation sites (tertiary alicyclic amines) is 1. The van der Waals surface area contributed by atoms with E-state index in [-0.39, 0.29) is 6.04 Å². The zero-order valence-corrected chi connectivity index (χ0v) is 13.4. The molecular formula is C16H31N3O. The molecule has 0 aromatic carbocycles. The molecular weight excluding hydrogens is 250 g/mol. The molecule has 0 saturated carbocycles. The molecule has 2 atom stereocenters. The van der Waals surface area contributed by atoms with E-state index in [1.165, 1.54) is 19.4 Å². The number of carbonyl (C=O) groups is 1. The van der Waals surface area contributed by atoms with E-state index in [1.807, 2.05) is 0 Å². The summed E-state index contributed by atoms with van der Waals surface area (Å²) in [6.45, 7) is 13.0. The van der Waals surface area contributed by atoms with Gasteiger partial charge in [0.2, 0.25) is 5.91 Å². The van der Waals surface area contributed by atoms with Crippen molar-refractivity contribution in [2.75, 3.05) is 39.3 Å². The number of piperidine rings is 1. The molecule has 2 saturated heterocycles. The van der Waals surface area contributed by atoms with E-state index in [4.69, 9.17) is 0 Å². The minimum atomic E-state index is 0.0781. The van der Waals surface area contributed by atoms with Gasteiger partial charge >= 0.3 is 0 Å². The SMILES string of the molecule is CCN(CC)CC1CCN(C(=O)C2NCCC2C)CC1. The van der Waals surface area contributed by atoms with E-state index >= 15 is 0 Å². The van der Waals surface area contributed by atoms with Crippen LogP contribution in [0.15, 0.2) is 0 Å². The molecule has 0 aromatic rings. The second kappa shape index (κ2) is 7.41. The van der Waals surface area contributed by atoms with Crippen LogP contribution in [0.1, 0.15) is 40.0 Å². The van der Waals surface area contributed by atoms with E-state index in [2.05, 4.69) is 35.9 Å². The summed E-state index contributed by atoms with van der Waals surface area (Å²) in [4.78, 5) is 17.1. The minimum Gasteiger partial charge on any atom is -0.341 e. The van der Waals surface area contributed by atoms with Gasteiger partial charge in [-0.2, -0.15) is 0 Å². The lowest BCUT2D eigenvalue weighted by atomic mass is 9.94. The van der Waals surface area contributed by atoms with E-state index < -0.39 is 0 Å². The first-order chi connectivity index (χ1) is 9.65. The fourth-order valence-corrected chi connectivity index (χ4v) is 3.54. The molecule has 1 amide bonds. The molecule has 0 aromatic heterocycles. The molecule has 2 heterocycles. The van der Waals surface area contributed by atoms with Gasteiger partial charge in [-0.1, -0.05) is 20.8 Å². The maximum absolute atomic E-state index is 12.5. The van der Waals surface area contributed by atoms with E-state index in [1.54, 1.807) is 0 Å². The van der Waals surface area contributed by atoms with Crippen molar-refractivity contribution in [1.82, 2.24) is 15.1 Å². The average molecular weight is 281 g/mol. The Balaban J connectivity index is 1.77. The van der Waals surface area contributed by atoms with Gasteiger partial charge < -0.3 is 15.1 Å². The summed E-state index contributed by atoms with van der Waals surface area (Å²) in [5.74, 6) is 1.61. The van der Waals surface area contributed by atoms with Crippen molar-refractivity contribution in [3.63, 3.8) is 0 Å². The van der Waals surface area contributed by atoms with Gasteiger partial charge in [0.1, 0.15) is 0 Å². The summed E-state index contributed by atoms with van der Waals surface area (Å²) >= 11 is 0. The summed E-state index contributed by atoms with van der Waals surface area (Å²) in [6, 6.07) is 0.0781. The number of nitrogens with one attached hydrogen (secondary N) is 1. The van der Waals surface area contributed by atoms with Gasteiger partial charge in [0.05, 0.1) is 6.04 Å². The van der Waals surface area contributed by atoms with Crippen molar-refractivity contribution in [3.8, 4) is 0 Å². The smallest absolute Gasteiger partial charge is 0.239 e. The van der Waals surface area contributed by atoms with Crippen molar-refractivity contribution in [2.45, 2.75) is 46.1 Å². The van der Waals surface area contributed by atoms with Crippen molar-refractivity contribution >= 4 is 5.91 Å². The van der Waals surface area contributed by atoms with Gasteiger partial charge in [-0.3, -0.25) is 4.79 Å². The van der Waals surface area contributed by atoms with Crippen LogP contribution in [0.3, 0.4) is 0 Å². The molecule has 2 aliphatic rings. The Morgan fingerprint density at radius 1 is 1.20 bits per heavy atom. The maximum atomic E-state index is 12.5. The molecule has 2 rings (SSSR count). The zero-order valence-electron chi connectivity index (χ0n) is 13.4. The van der Waals surface area contributed by atoms with E-state index in [0.717, 1.165) is 45.1 Å². The van der Waals surface area contributed by atoms with Crippen LogP contribution in [0.25, 0.3) is 0 Å². The molecule has 4 heteroatoms. The van der Waals surface area contributed by atoms with Gasteiger partial charge in [0.25, 0.3) is 0 Å². The second-order valence-electron chi connectivity index (χ2n) is 6.45. The lowest BCUT2D eigenvalue weighted by Gasteiger charge is -2.36. The fraction of sp³-hybridized carbons (Fsp3) is 0.938. The number of rotatable bonds is 5. The maximum Gasteiger partial charge on any atom is 0.239 e. The predicted molar refractivity (Wildman–Crippen MR) is 82.7 cm³/mol. The third-order valence-corrected chi connectivity index (χ3v) is 5.14. The van der Waals surface area contributed by atoms with Crippen molar-refractivity contribution in [3.05, 3.63) is 0 Å². The minimum absolute atomic E-state index is 0.0781. The Labute approximate surface area is 123 Å². The van der Waals surface area contributed by atoms with Gasteiger partial charge in [0.15, 0.2) is 0 Å². The highest BCUT2D eigenvalue weighted by molar-refractivity contribution is 5.82. The largest absolute Gasteiger partial charge is 0.341 e. The zero-order chi connectivity index (χ0) is 14.5. The fourth-order valence-electron chi connectivity index (χ4n) is 3.54. The Morgan fingerprint density at radius 3 is 2.35 bits per heavy atom. The number of amides is 1. The van der Waals surface area contributed by atoms with Gasteiger partial charge in [0, 0.05) is 19.6 Å². The van der Waals surface area contributed by atoms with Crippen molar-refractivity contribution in [2.24, 2.45) is 11.8 Å². The monoisotopic (exact) mass is 281 g/mol. The molecule has 4 nitrogen and oxygen atoms in total. The van der Waals surface area contributed by atoms with Crippen LogP contribution in [0, 0.1) is 11.8 Å². The topological polar surface area (TPSA) is 35.6 Å². The standard InChI is InChI=1S/C16H31N3O/c1-4-18(5-2)12-14-7-10-19(11-8-14)16(20)15-13(3)6-9-17-15/h13-15,17H,4-12H2,1-3H3. The van der Waals surface area contributed by atoms with Crippen LogP contribution >= 0.6 is 0 Å². The van der Waals surface area contributed by atoms with Crippen molar-refractivity contribution < 1.29 is 4.79 Å². The van der Waals surface area contributed by atoms with Crippen LogP contribution in [0.2, 0.25) is 0 Å². The first kappa shape index (κ1) is 15.8. The molecule has 2 fully saturated rings. The van der Waals surface area contributed by atoms with E-state index in [9.17, 15) is 4.79 Å². The summed E-state index contributed by atoms with van der Waals surface area (Å²) in [5.41, 5.74) is 0. The average Bonchev–Trinajstić information content (AvgIpc) is 2.91. The van der Waals surface area contributed by atoms with Gasteiger partial charge in [-0.25, -0.2) is 0 Å². The molecule has 20 heavy (non-hydrogen) atoms. The highest BCUT2D eigenvalue weighted by Gasteiger charge is 2.34. The van der Waals surface area contributed by atoms with Gasteiger partial charge in [-0.15, -0.1) is 0 Å². The van der Waals surface area contributed by atoms with Crippen LogP contribution in [0.5, 0.6) is 0 Å². The molecule has 0 aliphatic carbocycles. The summed E-state index contributed by atoms with van der Waals surface area (Å²) in [6.07, 6.45) is 3.47. The lowest BCUT2D eigenvalue weighted by molar-refractivity contribution is -0.135. The Hall–Kier alpha value is -0.610. The lowest BCUT2D eigenvalue weighted by Crippen LogP contribution is -2.49. The Morgan fingerprint density at radius 2 is 1.85 bits per heavy atom. The predicted octanol–water partition coefficient (Wildman–Crippen LogP) is 1.56. The van der Waals surface area contributed by atoms with Crippen LogP contribution < -0.4 is 5.32 Å². The molecule has 1 N–H and O–H groups in total.